The molecule has 2 rings (SSSR count). The molecule has 1 atom stereocenters. The van der Waals surface area contributed by atoms with Crippen molar-refractivity contribution >= 4 is 16.7 Å². The number of ether oxygens (including phenoxy) is 2. The molecule has 1 heterocycles. The molecule has 120 valence electrons. The van der Waals surface area contributed by atoms with E-state index >= 15 is 0 Å². The first-order chi connectivity index (χ1) is 10.6. The third-order valence-electron chi connectivity index (χ3n) is 3.43. The molecule has 0 aliphatic heterocycles. The topological polar surface area (TPSA) is 75.6 Å². The SMILES string of the molecule is CNC[C@@H](O)COc1cc2nc(NC)cc(C)c2cc1OC. The van der Waals surface area contributed by atoms with Gasteiger partial charge >= 0.3 is 0 Å². The van der Waals surface area contributed by atoms with Gasteiger partial charge in [-0.25, -0.2) is 4.98 Å². The molecule has 0 amide bonds. The molecule has 22 heavy (non-hydrogen) atoms. The number of anilines is 1. The van der Waals surface area contributed by atoms with Crippen LogP contribution in [0.25, 0.3) is 10.9 Å². The molecule has 0 bridgehead atoms. The summed E-state index contributed by atoms with van der Waals surface area (Å²) in [6.45, 7) is 2.69. The molecule has 3 N–H and O–H groups in total. The molecule has 0 spiro atoms. The van der Waals surface area contributed by atoms with Gasteiger partial charge < -0.3 is 25.2 Å². The number of hydrogen-bond acceptors (Lipinski definition) is 6. The Labute approximate surface area is 130 Å². The Morgan fingerprint density at radius 2 is 2.00 bits per heavy atom. The van der Waals surface area contributed by atoms with Gasteiger partial charge in [-0.3, -0.25) is 0 Å². The molecule has 0 saturated carbocycles. The van der Waals surface area contributed by atoms with Crippen LogP contribution in [0, 0.1) is 6.92 Å². The first-order valence-electron chi connectivity index (χ1n) is 7.21. The Hall–Kier alpha value is -2.05. The van der Waals surface area contributed by atoms with E-state index in [0.717, 1.165) is 22.3 Å². The van der Waals surface area contributed by atoms with Crippen LogP contribution in [0.3, 0.4) is 0 Å². The van der Waals surface area contributed by atoms with E-state index in [9.17, 15) is 5.11 Å². The number of benzene rings is 1. The number of pyridine rings is 1. The molecule has 0 saturated heterocycles. The fourth-order valence-corrected chi connectivity index (χ4v) is 2.28. The number of hydrogen-bond donors (Lipinski definition) is 3. The zero-order valence-corrected chi connectivity index (χ0v) is 13.4. The van der Waals surface area contributed by atoms with Crippen molar-refractivity contribution < 1.29 is 14.6 Å². The first kappa shape index (κ1) is 16.3. The number of likely N-dealkylation sites (N-methyl/N-ethyl adjacent to an activating group) is 1. The van der Waals surface area contributed by atoms with Crippen LogP contribution in [0.4, 0.5) is 5.82 Å². The Morgan fingerprint density at radius 3 is 2.64 bits per heavy atom. The van der Waals surface area contributed by atoms with E-state index < -0.39 is 6.10 Å². The number of aliphatic hydroxyl groups excluding tert-OH is 1. The minimum Gasteiger partial charge on any atom is -0.493 e. The van der Waals surface area contributed by atoms with Crippen LogP contribution in [-0.4, -0.2) is 50.6 Å². The van der Waals surface area contributed by atoms with Gasteiger partial charge in [-0.1, -0.05) is 0 Å². The summed E-state index contributed by atoms with van der Waals surface area (Å²) in [7, 11) is 5.22. The smallest absolute Gasteiger partial charge is 0.163 e. The summed E-state index contributed by atoms with van der Waals surface area (Å²) in [6.07, 6.45) is -0.580. The molecule has 0 aliphatic rings. The maximum atomic E-state index is 9.76. The van der Waals surface area contributed by atoms with Crippen molar-refractivity contribution in [2.45, 2.75) is 13.0 Å². The quantitative estimate of drug-likeness (QED) is 0.721. The Kier molecular flexibility index (Phi) is 5.41. The van der Waals surface area contributed by atoms with Crippen LogP contribution < -0.4 is 20.1 Å². The highest BCUT2D eigenvalue weighted by Gasteiger charge is 2.12. The van der Waals surface area contributed by atoms with Gasteiger partial charge in [0.2, 0.25) is 0 Å². The predicted molar refractivity (Wildman–Crippen MR) is 88.0 cm³/mol. The van der Waals surface area contributed by atoms with Gasteiger partial charge in [-0.05, 0) is 31.7 Å². The number of aromatic nitrogens is 1. The number of aliphatic hydroxyl groups is 1. The highest BCUT2D eigenvalue weighted by atomic mass is 16.5. The van der Waals surface area contributed by atoms with Gasteiger partial charge in [0.05, 0.1) is 12.6 Å². The molecule has 0 radical (unpaired) electrons. The normalized spacial score (nSPS) is 12.2. The van der Waals surface area contributed by atoms with Crippen molar-refractivity contribution in [3.8, 4) is 11.5 Å². The molecule has 6 heteroatoms. The summed E-state index contributed by atoms with van der Waals surface area (Å²) in [6, 6.07) is 5.74. The molecule has 1 aromatic heterocycles. The lowest BCUT2D eigenvalue weighted by Gasteiger charge is -2.15. The summed E-state index contributed by atoms with van der Waals surface area (Å²) in [5.41, 5.74) is 1.93. The lowest BCUT2D eigenvalue weighted by atomic mass is 10.1. The molecular weight excluding hydrogens is 282 g/mol. The average molecular weight is 305 g/mol. The van der Waals surface area contributed by atoms with Crippen LogP contribution in [0.2, 0.25) is 0 Å². The lowest BCUT2D eigenvalue weighted by Crippen LogP contribution is -2.29. The van der Waals surface area contributed by atoms with E-state index in [-0.39, 0.29) is 6.61 Å². The van der Waals surface area contributed by atoms with E-state index in [0.29, 0.717) is 18.0 Å². The van der Waals surface area contributed by atoms with Gasteiger partial charge in [0.15, 0.2) is 11.5 Å². The van der Waals surface area contributed by atoms with Crippen LogP contribution in [0.15, 0.2) is 18.2 Å². The largest absolute Gasteiger partial charge is 0.493 e. The number of nitrogens with one attached hydrogen (secondary N) is 2. The van der Waals surface area contributed by atoms with E-state index in [1.165, 1.54) is 0 Å². The maximum Gasteiger partial charge on any atom is 0.163 e. The molecule has 6 nitrogen and oxygen atoms in total. The summed E-state index contributed by atoms with van der Waals surface area (Å²) in [5, 5.41) is 16.7. The van der Waals surface area contributed by atoms with Gasteiger partial charge in [0.25, 0.3) is 0 Å². The number of nitrogens with zero attached hydrogens (tertiary/aromatic N) is 1. The van der Waals surface area contributed by atoms with Crippen molar-refractivity contribution in [2.75, 3.05) is 39.7 Å². The Balaban J connectivity index is 2.36. The van der Waals surface area contributed by atoms with Gasteiger partial charge in [0, 0.05) is 25.0 Å². The van der Waals surface area contributed by atoms with Crippen LogP contribution >= 0.6 is 0 Å². The van der Waals surface area contributed by atoms with Gasteiger partial charge in [-0.2, -0.15) is 0 Å². The molecule has 0 unspecified atom stereocenters. The van der Waals surface area contributed by atoms with Crippen molar-refractivity contribution in [3.63, 3.8) is 0 Å². The number of methoxy groups -OCH3 is 1. The second kappa shape index (κ2) is 7.29. The Morgan fingerprint density at radius 1 is 1.23 bits per heavy atom. The number of aryl methyl sites for hydroxylation is 1. The molecule has 1 aromatic carbocycles. The fourth-order valence-electron chi connectivity index (χ4n) is 2.28. The lowest BCUT2D eigenvalue weighted by molar-refractivity contribution is 0.106. The molecule has 0 aliphatic carbocycles. The van der Waals surface area contributed by atoms with E-state index in [1.807, 2.05) is 32.2 Å². The van der Waals surface area contributed by atoms with E-state index in [4.69, 9.17) is 9.47 Å². The van der Waals surface area contributed by atoms with Crippen LogP contribution in [0.1, 0.15) is 5.56 Å². The second-order valence-electron chi connectivity index (χ2n) is 5.12. The van der Waals surface area contributed by atoms with Crippen LogP contribution in [-0.2, 0) is 0 Å². The molecular formula is C16H23N3O3. The monoisotopic (exact) mass is 305 g/mol. The van der Waals surface area contributed by atoms with Crippen LogP contribution in [0.5, 0.6) is 11.5 Å². The highest BCUT2D eigenvalue weighted by Crippen LogP contribution is 2.33. The Bertz CT molecular complexity index is 646. The third-order valence-corrected chi connectivity index (χ3v) is 3.43. The third kappa shape index (κ3) is 3.58. The summed E-state index contributed by atoms with van der Waals surface area (Å²) in [5.74, 6) is 2.01. The summed E-state index contributed by atoms with van der Waals surface area (Å²) in [4.78, 5) is 4.53. The maximum absolute atomic E-state index is 9.76. The van der Waals surface area contributed by atoms with Crippen molar-refractivity contribution in [2.24, 2.45) is 0 Å². The summed E-state index contributed by atoms with van der Waals surface area (Å²) >= 11 is 0. The van der Waals surface area contributed by atoms with Crippen molar-refractivity contribution in [1.82, 2.24) is 10.3 Å². The minimum absolute atomic E-state index is 0.188. The van der Waals surface area contributed by atoms with E-state index in [2.05, 4.69) is 15.6 Å². The zero-order chi connectivity index (χ0) is 16.1. The minimum atomic E-state index is -0.580. The average Bonchev–Trinajstić information content (AvgIpc) is 2.52. The van der Waals surface area contributed by atoms with Crippen molar-refractivity contribution in [1.29, 1.82) is 0 Å². The fraction of sp³-hybridized carbons (Fsp3) is 0.438. The van der Waals surface area contributed by atoms with Gasteiger partial charge in [-0.15, -0.1) is 0 Å². The van der Waals surface area contributed by atoms with E-state index in [1.54, 1.807) is 14.2 Å². The second-order valence-corrected chi connectivity index (χ2v) is 5.12. The number of rotatable bonds is 7. The van der Waals surface area contributed by atoms with Crippen molar-refractivity contribution in [3.05, 3.63) is 23.8 Å². The van der Waals surface area contributed by atoms with Gasteiger partial charge in [0.1, 0.15) is 18.5 Å². The highest BCUT2D eigenvalue weighted by molar-refractivity contribution is 5.87. The first-order valence-corrected chi connectivity index (χ1v) is 7.21. The number of fused-ring (bicyclic) bond motifs is 1. The predicted octanol–water partition coefficient (Wildman–Crippen LogP) is 1.55. The molecule has 2 aromatic rings. The summed E-state index contributed by atoms with van der Waals surface area (Å²) < 4.78 is 11.1. The molecule has 0 fully saturated rings. The standard InChI is InChI=1S/C16H23N3O3/c1-10-5-16(18-3)19-13-7-15(14(21-4)6-12(10)13)22-9-11(20)8-17-2/h5-7,11,17,20H,8-9H2,1-4H3,(H,18,19)/t11-/m1/s1. The zero-order valence-electron chi connectivity index (χ0n) is 13.4.